The number of rotatable bonds is 4. The number of benzene rings is 1. The highest BCUT2D eigenvalue weighted by molar-refractivity contribution is 9.10. The molecule has 4 nitrogen and oxygen atoms in total. The Balaban J connectivity index is 2.05. The molecule has 2 rings (SSSR count). The summed E-state index contributed by atoms with van der Waals surface area (Å²) in [5.74, 6) is 0.761. The topological polar surface area (TPSA) is 54.3 Å². The number of amides is 1. The van der Waals surface area contributed by atoms with Crippen molar-refractivity contribution in [3.05, 3.63) is 52.4 Å². The van der Waals surface area contributed by atoms with Gasteiger partial charge in [0.2, 0.25) is 0 Å². The second-order valence-corrected chi connectivity index (χ2v) is 4.95. The van der Waals surface area contributed by atoms with E-state index in [1.165, 1.54) is 0 Å². The Morgan fingerprint density at radius 1 is 1.21 bits per heavy atom. The van der Waals surface area contributed by atoms with Gasteiger partial charge in [-0.15, -0.1) is 0 Å². The summed E-state index contributed by atoms with van der Waals surface area (Å²) < 4.78 is 6.20. The molecule has 0 radical (unpaired) electrons. The van der Waals surface area contributed by atoms with Crippen molar-refractivity contribution in [3.8, 4) is 0 Å². The lowest BCUT2D eigenvalue weighted by Gasteiger charge is -2.13. The summed E-state index contributed by atoms with van der Waals surface area (Å²) in [7, 11) is 1.62. The Labute approximate surface area is 120 Å². The van der Waals surface area contributed by atoms with E-state index < -0.39 is 0 Å². The van der Waals surface area contributed by atoms with Gasteiger partial charge in [-0.25, -0.2) is 0 Å². The van der Waals surface area contributed by atoms with Crippen LogP contribution in [0, 0.1) is 0 Å². The van der Waals surface area contributed by atoms with E-state index in [4.69, 9.17) is 4.42 Å². The summed E-state index contributed by atoms with van der Waals surface area (Å²) >= 11 is 3.28. The van der Waals surface area contributed by atoms with E-state index in [9.17, 15) is 4.79 Å². The predicted octanol–water partition coefficient (Wildman–Crippen LogP) is 3.57. The molecule has 1 amide bonds. The lowest BCUT2D eigenvalue weighted by atomic mass is 10.1. The van der Waals surface area contributed by atoms with E-state index in [-0.39, 0.29) is 11.9 Å². The molecule has 1 aromatic heterocycles. The van der Waals surface area contributed by atoms with Crippen LogP contribution in [0.1, 0.15) is 29.1 Å². The monoisotopic (exact) mass is 322 g/mol. The van der Waals surface area contributed by atoms with Crippen LogP contribution in [-0.4, -0.2) is 13.0 Å². The Morgan fingerprint density at radius 3 is 2.42 bits per heavy atom. The molecule has 100 valence electrons. The standard InChI is InChI=1S/C14H15BrN2O2/c1-9(12-7-8-13(15)19-12)17-11-5-3-10(4-6-11)14(18)16-2/h3-9,17H,1-2H3,(H,16,18). The fourth-order valence-electron chi connectivity index (χ4n) is 1.74. The van der Waals surface area contributed by atoms with Crippen LogP contribution >= 0.6 is 15.9 Å². The van der Waals surface area contributed by atoms with Gasteiger partial charge in [-0.3, -0.25) is 4.79 Å². The van der Waals surface area contributed by atoms with Crippen LogP contribution in [0.4, 0.5) is 5.69 Å². The van der Waals surface area contributed by atoms with Crippen LogP contribution < -0.4 is 10.6 Å². The van der Waals surface area contributed by atoms with Crippen LogP contribution in [0.2, 0.25) is 0 Å². The van der Waals surface area contributed by atoms with Gasteiger partial charge in [0, 0.05) is 18.3 Å². The van der Waals surface area contributed by atoms with E-state index in [1.54, 1.807) is 19.2 Å². The number of halogens is 1. The molecule has 1 heterocycles. The number of carbonyl (C=O) groups excluding carboxylic acids is 1. The fourth-order valence-corrected chi connectivity index (χ4v) is 2.06. The first-order chi connectivity index (χ1) is 9.10. The van der Waals surface area contributed by atoms with Crippen LogP contribution in [0.5, 0.6) is 0 Å². The van der Waals surface area contributed by atoms with Gasteiger partial charge in [0.1, 0.15) is 5.76 Å². The highest BCUT2D eigenvalue weighted by atomic mass is 79.9. The van der Waals surface area contributed by atoms with Crippen molar-refractivity contribution in [1.29, 1.82) is 0 Å². The third-order valence-corrected chi connectivity index (χ3v) is 3.20. The fraction of sp³-hybridized carbons (Fsp3) is 0.214. The summed E-state index contributed by atoms with van der Waals surface area (Å²) in [4.78, 5) is 11.4. The van der Waals surface area contributed by atoms with Crippen molar-refractivity contribution in [2.75, 3.05) is 12.4 Å². The van der Waals surface area contributed by atoms with Gasteiger partial charge in [0.15, 0.2) is 4.67 Å². The normalized spacial score (nSPS) is 11.9. The Hall–Kier alpha value is -1.75. The summed E-state index contributed by atoms with van der Waals surface area (Å²) in [6, 6.07) is 11.1. The Bertz CT molecular complexity index is 563. The molecule has 0 saturated heterocycles. The van der Waals surface area contributed by atoms with E-state index >= 15 is 0 Å². The first kappa shape index (κ1) is 13.7. The average molecular weight is 323 g/mol. The minimum Gasteiger partial charge on any atom is -0.452 e. The lowest BCUT2D eigenvalue weighted by Crippen LogP contribution is -2.17. The number of nitrogens with one attached hydrogen (secondary N) is 2. The van der Waals surface area contributed by atoms with Gasteiger partial charge in [0.25, 0.3) is 5.91 Å². The molecular weight excluding hydrogens is 308 g/mol. The van der Waals surface area contributed by atoms with Gasteiger partial charge in [0.05, 0.1) is 6.04 Å². The first-order valence-corrected chi connectivity index (χ1v) is 6.73. The van der Waals surface area contributed by atoms with Gasteiger partial charge in [-0.2, -0.15) is 0 Å². The Kier molecular flexibility index (Phi) is 4.27. The molecule has 0 saturated carbocycles. The maximum Gasteiger partial charge on any atom is 0.251 e. The third-order valence-electron chi connectivity index (χ3n) is 2.78. The molecular formula is C14H15BrN2O2. The minimum absolute atomic E-state index is 0.0529. The molecule has 1 unspecified atom stereocenters. The van der Waals surface area contributed by atoms with Gasteiger partial charge >= 0.3 is 0 Å². The summed E-state index contributed by atoms with van der Waals surface area (Å²) in [6.45, 7) is 2.01. The maximum absolute atomic E-state index is 11.4. The first-order valence-electron chi connectivity index (χ1n) is 5.94. The van der Waals surface area contributed by atoms with Gasteiger partial charge in [-0.1, -0.05) is 0 Å². The quantitative estimate of drug-likeness (QED) is 0.904. The molecule has 1 atom stereocenters. The summed E-state index contributed by atoms with van der Waals surface area (Å²) in [5, 5.41) is 5.90. The molecule has 0 aliphatic heterocycles. The smallest absolute Gasteiger partial charge is 0.251 e. The molecule has 1 aromatic carbocycles. The summed E-state index contributed by atoms with van der Waals surface area (Å²) in [6.07, 6.45) is 0. The number of anilines is 1. The van der Waals surface area contributed by atoms with E-state index in [2.05, 4.69) is 26.6 Å². The maximum atomic E-state index is 11.4. The number of furan rings is 1. The Morgan fingerprint density at radius 2 is 1.89 bits per heavy atom. The zero-order valence-corrected chi connectivity index (χ0v) is 12.3. The highest BCUT2D eigenvalue weighted by Crippen LogP contribution is 2.23. The third kappa shape index (κ3) is 3.38. The van der Waals surface area contributed by atoms with Crippen molar-refractivity contribution in [2.24, 2.45) is 0 Å². The second kappa shape index (κ2) is 5.93. The number of hydrogen-bond donors (Lipinski definition) is 2. The minimum atomic E-state index is -0.0884. The van der Waals surface area contributed by atoms with Crippen molar-refractivity contribution in [2.45, 2.75) is 13.0 Å². The predicted molar refractivity (Wildman–Crippen MR) is 78.3 cm³/mol. The van der Waals surface area contributed by atoms with Crippen LogP contribution in [0.15, 0.2) is 45.5 Å². The van der Waals surface area contributed by atoms with Crippen molar-refractivity contribution < 1.29 is 9.21 Å². The van der Waals surface area contributed by atoms with Crippen LogP contribution in [0.25, 0.3) is 0 Å². The van der Waals surface area contributed by atoms with E-state index in [1.807, 2.05) is 31.2 Å². The molecule has 0 aliphatic carbocycles. The molecule has 0 spiro atoms. The van der Waals surface area contributed by atoms with E-state index in [0.717, 1.165) is 11.4 Å². The number of carbonyl (C=O) groups is 1. The van der Waals surface area contributed by atoms with Crippen LogP contribution in [-0.2, 0) is 0 Å². The zero-order valence-electron chi connectivity index (χ0n) is 10.7. The molecule has 0 fully saturated rings. The van der Waals surface area contributed by atoms with Crippen molar-refractivity contribution in [3.63, 3.8) is 0 Å². The van der Waals surface area contributed by atoms with Crippen molar-refractivity contribution >= 4 is 27.5 Å². The largest absolute Gasteiger partial charge is 0.452 e. The lowest BCUT2D eigenvalue weighted by molar-refractivity contribution is 0.0963. The molecule has 0 bridgehead atoms. The molecule has 2 N–H and O–H groups in total. The van der Waals surface area contributed by atoms with Crippen LogP contribution in [0.3, 0.4) is 0 Å². The second-order valence-electron chi connectivity index (χ2n) is 4.16. The SMILES string of the molecule is CNC(=O)c1ccc(NC(C)c2ccc(Br)o2)cc1. The van der Waals surface area contributed by atoms with Gasteiger partial charge < -0.3 is 15.1 Å². The molecule has 5 heteroatoms. The molecule has 2 aromatic rings. The zero-order chi connectivity index (χ0) is 13.8. The van der Waals surface area contributed by atoms with Crippen molar-refractivity contribution in [1.82, 2.24) is 5.32 Å². The molecule has 0 aliphatic rings. The van der Waals surface area contributed by atoms with Gasteiger partial charge in [-0.05, 0) is 59.3 Å². The summed E-state index contributed by atoms with van der Waals surface area (Å²) in [5.41, 5.74) is 1.58. The average Bonchev–Trinajstić information content (AvgIpc) is 2.85. The highest BCUT2D eigenvalue weighted by Gasteiger charge is 2.10. The van der Waals surface area contributed by atoms with E-state index in [0.29, 0.717) is 10.2 Å². The number of hydrogen-bond acceptors (Lipinski definition) is 3. The molecule has 19 heavy (non-hydrogen) atoms.